The number of nitrogens with one attached hydrogen (secondary N) is 3. The van der Waals surface area contributed by atoms with Crippen LogP contribution in [0.15, 0.2) is 24.4 Å². The quantitative estimate of drug-likeness (QED) is 0.703. The van der Waals surface area contributed by atoms with E-state index in [2.05, 4.69) is 20.8 Å². The van der Waals surface area contributed by atoms with E-state index in [0.29, 0.717) is 24.6 Å². The standard InChI is InChI=1S/C16H19ClN4O2S/c1-9(4-6-18-16(23)12-5-7-19-21-12)20-15(22)11-8-10(11)13-2-3-14(17)24-13/h2-3,5,7,9-11H,4,6,8H2,1H3,(H,18,23)(H,19,21)(H,20,22)/t9?,10-,11-/m1/s1. The first kappa shape index (κ1) is 17.0. The number of thiophene rings is 1. The average Bonchev–Trinajstić information content (AvgIpc) is 2.95. The van der Waals surface area contributed by atoms with Crippen molar-refractivity contribution in [2.45, 2.75) is 31.7 Å². The van der Waals surface area contributed by atoms with Crippen LogP contribution < -0.4 is 10.6 Å². The van der Waals surface area contributed by atoms with Gasteiger partial charge in [-0.05, 0) is 38.0 Å². The highest BCUT2D eigenvalue weighted by Crippen LogP contribution is 2.50. The van der Waals surface area contributed by atoms with E-state index < -0.39 is 0 Å². The molecule has 1 unspecified atom stereocenters. The van der Waals surface area contributed by atoms with E-state index in [-0.39, 0.29) is 23.8 Å². The molecule has 3 atom stereocenters. The van der Waals surface area contributed by atoms with E-state index in [9.17, 15) is 9.59 Å². The van der Waals surface area contributed by atoms with Crippen LogP contribution in [0.5, 0.6) is 0 Å². The zero-order valence-corrected chi connectivity index (χ0v) is 14.8. The van der Waals surface area contributed by atoms with Crippen molar-refractivity contribution in [2.24, 2.45) is 5.92 Å². The molecule has 0 saturated heterocycles. The molecule has 1 saturated carbocycles. The van der Waals surface area contributed by atoms with Crippen LogP contribution in [0, 0.1) is 5.92 Å². The molecule has 1 aliphatic rings. The molecule has 2 heterocycles. The molecule has 24 heavy (non-hydrogen) atoms. The molecule has 2 aromatic heterocycles. The Labute approximate surface area is 149 Å². The molecular weight excluding hydrogens is 348 g/mol. The SMILES string of the molecule is CC(CCNC(=O)c1ccn[nH]1)NC(=O)[C@@H]1C[C@H]1c1ccc(Cl)s1. The maximum absolute atomic E-state index is 12.2. The fourth-order valence-corrected chi connectivity index (χ4v) is 3.87. The van der Waals surface area contributed by atoms with Crippen molar-refractivity contribution in [3.05, 3.63) is 39.3 Å². The van der Waals surface area contributed by atoms with Crippen molar-refractivity contribution < 1.29 is 9.59 Å². The van der Waals surface area contributed by atoms with Gasteiger partial charge in [-0.15, -0.1) is 11.3 Å². The highest BCUT2D eigenvalue weighted by molar-refractivity contribution is 7.16. The average molecular weight is 367 g/mol. The summed E-state index contributed by atoms with van der Waals surface area (Å²) in [5.41, 5.74) is 0.433. The monoisotopic (exact) mass is 366 g/mol. The molecule has 8 heteroatoms. The maximum Gasteiger partial charge on any atom is 0.269 e. The highest BCUT2D eigenvalue weighted by atomic mass is 35.5. The van der Waals surface area contributed by atoms with Crippen LogP contribution in [0.2, 0.25) is 4.34 Å². The van der Waals surface area contributed by atoms with Gasteiger partial charge in [0.2, 0.25) is 5.91 Å². The number of carbonyl (C=O) groups excluding carboxylic acids is 2. The van der Waals surface area contributed by atoms with Crippen LogP contribution in [0.25, 0.3) is 0 Å². The first-order valence-electron chi connectivity index (χ1n) is 7.87. The normalized spacial score (nSPS) is 20.4. The summed E-state index contributed by atoms with van der Waals surface area (Å²) in [6, 6.07) is 5.50. The number of halogens is 1. The molecular formula is C16H19ClN4O2S. The topological polar surface area (TPSA) is 86.9 Å². The van der Waals surface area contributed by atoms with E-state index in [1.165, 1.54) is 11.1 Å². The second kappa shape index (κ2) is 7.36. The molecule has 128 valence electrons. The number of carbonyl (C=O) groups is 2. The molecule has 3 N–H and O–H groups in total. The molecule has 0 aliphatic heterocycles. The van der Waals surface area contributed by atoms with Crippen LogP contribution in [0.3, 0.4) is 0 Å². The number of hydrogen-bond acceptors (Lipinski definition) is 4. The molecule has 2 aromatic rings. The number of rotatable bonds is 7. The van der Waals surface area contributed by atoms with Crippen LogP contribution in [0.1, 0.15) is 41.0 Å². The van der Waals surface area contributed by atoms with Gasteiger partial charge in [-0.1, -0.05) is 11.6 Å². The fraction of sp³-hybridized carbons (Fsp3) is 0.438. The molecule has 1 aliphatic carbocycles. The number of H-pyrrole nitrogens is 1. The van der Waals surface area contributed by atoms with Crippen LogP contribution >= 0.6 is 22.9 Å². The Balaban J connectivity index is 1.37. The third-order valence-corrected chi connectivity index (χ3v) is 5.45. The Bertz CT molecular complexity index is 715. The molecule has 2 amide bonds. The van der Waals surface area contributed by atoms with Gasteiger partial charge >= 0.3 is 0 Å². The minimum atomic E-state index is -0.192. The van der Waals surface area contributed by atoms with Crippen molar-refractivity contribution in [3.8, 4) is 0 Å². The number of aromatic nitrogens is 2. The Morgan fingerprint density at radius 2 is 2.29 bits per heavy atom. The van der Waals surface area contributed by atoms with Crippen molar-refractivity contribution in [2.75, 3.05) is 6.54 Å². The van der Waals surface area contributed by atoms with Gasteiger partial charge in [0.25, 0.3) is 5.91 Å². The zero-order valence-electron chi connectivity index (χ0n) is 13.2. The summed E-state index contributed by atoms with van der Waals surface area (Å²) >= 11 is 7.48. The summed E-state index contributed by atoms with van der Waals surface area (Å²) in [4.78, 5) is 25.2. The van der Waals surface area contributed by atoms with Gasteiger partial charge < -0.3 is 10.6 Å². The molecule has 1 fully saturated rings. The van der Waals surface area contributed by atoms with Gasteiger partial charge in [-0.3, -0.25) is 14.7 Å². The van der Waals surface area contributed by atoms with Crippen LogP contribution in [0.4, 0.5) is 0 Å². The van der Waals surface area contributed by atoms with Gasteiger partial charge in [0, 0.05) is 35.5 Å². The summed E-state index contributed by atoms with van der Waals surface area (Å²) in [6.07, 6.45) is 3.09. The second-order valence-electron chi connectivity index (χ2n) is 6.02. The molecule has 6 nitrogen and oxygen atoms in total. The number of aromatic amines is 1. The van der Waals surface area contributed by atoms with Gasteiger partial charge in [-0.2, -0.15) is 5.10 Å². The predicted octanol–water partition coefficient (Wildman–Crippen LogP) is 2.55. The molecule has 0 radical (unpaired) electrons. The van der Waals surface area contributed by atoms with E-state index >= 15 is 0 Å². The van der Waals surface area contributed by atoms with E-state index in [0.717, 1.165) is 10.8 Å². The lowest BCUT2D eigenvalue weighted by Gasteiger charge is -2.14. The Hall–Kier alpha value is -1.86. The largest absolute Gasteiger partial charge is 0.353 e. The molecule has 0 aromatic carbocycles. The lowest BCUT2D eigenvalue weighted by Crippen LogP contribution is -2.37. The second-order valence-corrected chi connectivity index (χ2v) is 7.76. The maximum atomic E-state index is 12.2. The zero-order chi connectivity index (χ0) is 17.1. The first-order valence-corrected chi connectivity index (χ1v) is 9.07. The molecule has 0 spiro atoms. The highest BCUT2D eigenvalue weighted by Gasteiger charge is 2.44. The third kappa shape index (κ3) is 4.15. The summed E-state index contributed by atoms with van der Waals surface area (Å²) < 4.78 is 0.762. The lowest BCUT2D eigenvalue weighted by atomic mass is 10.2. The minimum absolute atomic E-state index is 0.00717. The molecule has 3 rings (SSSR count). The molecule has 0 bridgehead atoms. The van der Waals surface area contributed by atoms with Gasteiger partial charge in [0.1, 0.15) is 5.69 Å². The number of hydrogen-bond donors (Lipinski definition) is 3. The Kier molecular flexibility index (Phi) is 5.20. The third-order valence-electron chi connectivity index (χ3n) is 4.08. The summed E-state index contributed by atoms with van der Waals surface area (Å²) in [5.74, 6) is 0.233. The van der Waals surface area contributed by atoms with E-state index in [1.807, 2.05) is 19.1 Å². The van der Waals surface area contributed by atoms with Crippen molar-refractivity contribution in [1.82, 2.24) is 20.8 Å². The van der Waals surface area contributed by atoms with Crippen molar-refractivity contribution in [3.63, 3.8) is 0 Å². The number of amides is 2. The predicted molar refractivity (Wildman–Crippen MR) is 93.3 cm³/mol. The van der Waals surface area contributed by atoms with Gasteiger partial charge in [0.05, 0.1) is 4.34 Å². The fourth-order valence-electron chi connectivity index (χ4n) is 2.63. The first-order chi connectivity index (χ1) is 11.5. The van der Waals surface area contributed by atoms with Crippen molar-refractivity contribution >= 4 is 34.8 Å². The Morgan fingerprint density at radius 1 is 1.46 bits per heavy atom. The van der Waals surface area contributed by atoms with Crippen LogP contribution in [-0.2, 0) is 4.79 Å². The smallest absolute Gasteiger partial charge is 0.269 e. The van der Waals surface area contributed by atoms with Crippen LogP contribution in [-0.4, -0.2) is 34.6 Å². The number of nitrogens with zero attached hydrogens (tertiary/aromatic N) is 1. The summed E-state index contributed by atoms with van der Waals surface area (Å²) in [7, 11) is 0. The van der Waals surface area contributed by atoms with Gasteiger partial charge in [0.15, 0.2) is 0 Å². The Morgan fingerprint density at radius 3 is 2.96 bits per heavy atom. The minimum Gasteiger partial charge on any atom is -0.353 e. The van der Waals surface area contributed by atoms with Crippen molar-refractivity contribution in [1.29, 1.82) is 0 Å². The van der Waals surface area contributed by atoms with E-state index in [4.69, 9.17) is 11.6 Å². The summed E-state index contributed by atoms with van der Waals surface area (Å²) in [6.45, 7) is 2.44. The van der Waals surface area contributed by atoms with E-state index in [1.54, 1.807) is 17.4 Å². The van der Waals surface area contributed by atoms with Gasteiger partial charge in [-0.25, -0.2) is 0 Å². The summed E-state index contributed by atoms with van der Waals surface area (Å²) in [5, 5.41) is 12.2. The lowest BCUT2D eigenvalue weighted by molar-refractivity contribution is -0.123.